The third-order valence-electron chi connectivity index (χ3n) is 2.16. The first-order chi connectivity index (χ1) is 6.36. The molecule has 0 aromatic heterocycles. The van der Waals surface area contributed by atoms with Crippen LogP contribution in [0.2, 0.25) is 0 Å². The molecule has 1 fully saturated rings. The average molecular weight is 191 g/mol. The van der Waals surface area contributed by atoms with Crippen LogP contribution in [0.15, 0.2) is 29.2 Å². The van der Waals surface area contributed by atoms with E-state index in [2.05, 4.69) is 42.6 Å². The van der Waals surface area contributed by atoms with Crippen LogP contribution in [0.3, 0.4) is 0 Å². The van der Waals surface area contributed by atoms with Gasteiger partial charge in [0.15, 0.2) is 0 Å². The van der Waals surface area contributed by atoms with Gasteiger partial charge in [0.2, 0.25) is 0 Å². The van der Waals surface area contributed by atoms with Gasteiger partial charge in [-0.3, -0.25) is 0 Å². The maximum atomic E-state index is 3.31. The number of hydrogen-bond donors (Lipinski definition) is 1. The minimum absolute atomic E-state index is 1.03. The van der Waals surface area contributed by atoms with E-state index in [9.17, 15) is 0 Å². The Morgan fingerprint density at radius 2 is 2.23 bits per heavy atom. The van der Waals surface area contributed by atoms with Crippen molar-refractivity contribution in [3.63, 3.8) is 0 Å². The molecule has 0 bridgehead atoms. The number of benzene rings is 1. The van der Waals surface area contributed by atoms with E-state index in [0.717, 1.165) is 12.4 Å². The topological polar surface area (TPSA) is 12.0 Å². The molecule has 0 saturated carbocycles. The monoisotopic (exact) mass is 191 g/mol. The third-order valence-corrected chi connectivity index (χ3v) is 3.15. The van der Waals surface area contributed by atoms with Crippen molar-refractivity contribution in [1.82, 2.24) is 5.32 Å². The summed E-state index contributed by atoms with van der Waals surface area (Å²) in [6.45, 7) is 3.18. The maximum Gasteiger partial charge on any atom is 0.0465 e. The van der Waals surface area contributed by atoms with Gasteiger partial charge in [-0.1, -0.05) is 24.3 Å². The summed E-state index contributed by atoms with van der Waals surface area (Å²) >= 11 is 1.90. The molecule has 1 saturated heterocycles. The van der Waals surface area contributed by atoms with Crippen molar-refractivity contribution in [3.8, 4) is 0 Å². The van der Waals surface area contributed by atoms with E-state index in [4.69, 9.17) is 0 Å². The molecule has 1 aliphatic heterocycles. The Hall–Kier alpha value is -0.730. The zero-order valence-corrected chi connectivity index (χ0v) is 8.53. The summed E-state index contributed by atoms with van der Waals surface area (Å²) < 4.78 is 0. The predicted octanol–water partition coefficient (Wildman–Crippen LogP) is 2.63. The van der Waals surface area contributed by atoms with Crippen LogP contribution in [0.25, 0.3) is 6.08 Å². The average Bonchev–Trinajstić information content (AvgIpc) is 2.61. The number of hydrogen-bond acceptors (Lipinski definition) is 2. The summed E-state index contributed by atoms with van der Waals surface area (Å²) in [7, 11) is 0. The second kappa shape index (κ2) is 3.99. The SMILES string of the molecule is Cc1ccccc1C=C1CNCS1. The van der Waals surface area contributed by atoms with Crippen molar-refractivity contribution in [2.75, 3.05) is 12.4 Å². The van der Waals surface area contributed by atoms with Crippen molar-refractivity contribution in [1.29, 1.82) is 0 Å². The zero-order chi connectivity index (χ0) is 9.10. The lowest BCUT2D eigenvalue weighted by Gasteiger charge is -2.00. The van der Waals surface area contributed by atoms with Gasteiger partial charge in [0.05, 0.1) is 0 Å². The van der Waals surface area contributed by atoms with Crippen molar-refractivity contribution >= 4 is 17.8 Å². The fourth-order valence-corrected chi connectivity index (χ4v) is 2.19. The highest BCUT2D eigenvalue weighted by atomic mass is 32.2. The van der Waals surface area contributed by atoms with Crippen molar-refractivity contribution in [2.24, 2.45) is 0 Å². The van der Waals surface area contributed by atoms with Gasteiger partial charge in [-0.2, -0.15) is 0 Å². The van der Waals surface area contributed by atoms with Crippen molar-refractivity contribution in [2.45, 2.75) is 6.92 Å². The highest BCUT2D eigenvalue weighted by Gasteiger charge is 2.05. The molecule has 1 aromatic carbocycles. The van der Waals surface area contributed by atoms with Gasteiger partial charge in [0, 0.05) is 17.3 Å². The Bertz CT molecular complexity index is 323. The van der Waals surface area contributed by atoms with Crippen LogP contribution in [0.5, 0.6) is 0 Å². The number of thioether (sulfide) groups is 1. The fraction of sp³-hybridized carbons (Fsp3) is 0.273. The minimum atomic E-state index is 1.03. The highest BCUT2D eigenvalue weighted by Crippen LogP contribution is 2.23. The van der Waals surface area contributed by atoms with Gasteiger partial charge in [0.25, 0.3) is 0 Å². The fourth-order valence-electron chi connectivity index (χ4n) is 1.38. The number of nitrogens with one attached hydrogen (secondary N) is 1. The van der Waals surface area contributed by atoms with Gasteiger partial charge in [-0.25, -0.2) is 0 Å². The van der Waals surface area contributed by atoms with E-state index in [1.165, 1.54) is 16.0 Å². The molecule has 0 atom stereocenters. The summed E-state index contributed by atoms with van der Waals surface area (Å²) in [5.74, 6) is 1.05. The summed E-state index contributed by atoms with van der Waals surface area (Å²) in [6.07, 6.45) is 2.28. The Kier molecular flexibility index (Phi) is 2.71. The Balaban J connectivity index is 2.25. The Morgan fingerprint density at radius 3 is 2.92 bits per heavy atom. The van der Waals surface area contributed by atoms with Crippen LogP contribution >= 0.6 is 11.8 Å². The van der Waals surface area contributed by atoms with E-state index in [0.29, 0.717) is 0 Å². The van der Waals surface area contributed by atoms with Crippen LogP contribution in [0, 0.1) is 6.92 Å². The second-order valence-electron chi connectivity index (χ2n) is 3.18. The highest BCUT2D eigenvalue weighted by molar-refractivity contribution is 8.03. The molecule has 68 valence electrons. The molecule has 0 radical (unpaired) electrons. The lowest BCUT2D eigenvalue weighted by molar-refractivity contribution is 0.916. The summed E-state index contributed by atoms with van der Waals surface area (Å²) in [5.41, 5.74) is 2.69. The van der Waals surface area contributed by atoms with Gasteiger partial charge < -0.3 is 5.32 Å². The lowest BCUT2D eigenvalue weighted by Crippen LogP contribution is -2.04. The number of aryl methyl sites for hydroxylation is 1. The molecule has 2 rings (SSSR count). The van der Waals surface area contributed by atoms with Crippen LogP contribution in [-0.4, -0.2) is 12.4 Å². The van der Waals surface area contributed by atoms with E-state index in [1.54, 1.807) is 0 Å². The number of rotatable bonds is 1. The Morgan fingerprint density at radius 1 is 1.38 bits per heavy atom. The molecule has 1 N–H and O–H groups in total. The quantitative estimate of drug-likeness (QED) is 0.732. The largest absolute Gasteiger partial charge is 0.303 e. The predicted molar refractivity (Wildman–Crippen MR) is 59.6 cm³/mol. The van der Waals surface area contributed by atoms with E-state index in [-0.39, 0.29) is 0 Å². The van der Waals surface area contributed by atoms with Crippen LogP contribution in [0.1, 0.15) is 11.1 Å². The molecule has 1 nitrogen and oxygen atoms in total. The molecule has 13 heavy (non-hydrogen) atoms. The minimum Gasteiger partial charge on any atom is -0.303 e. The maximum absolute atomic E-state index is 3.31. The van der Waals surface area contributed by atoms with Gasteiger partial charge >= 0.3 is 0 Å². The van der Waals surface area contributed by atoms with E-state index >= 15 is 0 Å². The van der Waals surface area contributed by atoms with Crippen LogP contribution in [-0.2, 0) is 0 Å². The molecule has 1 aliphatic rings. The third kappa shape index (κ3) is 2.14. The summed E-state index contributed by atoms with van der Waals surface area (Å²) in [5, 5.41) is 3.31. The van der Waals surface area contributed by atoms with Gasteiger partial charge in [0.1, 0.15) is 0 Å². The molecule has 0 amide bonds. The lowest BCUT2D eigenvalue weighted by atomic mass is 10.1. The second-order valence-corrected chi connectivity index (χ2v) is 4.28. The smallest absolute Gasteiger partial charge is 0.0465 e. The van der Waals surface area contributed by atoms with Crippen molar-refractivity contribution < 1.29 is 0 Å². The Labute approximate surface area is 83.2 Å². The zero-order valence-electron chi connectivity index (χ0n) is 7.71. The van der Waals surface area contributed by atoms with Crippen molar-refractivity contribution in [3.05, 3.63) is 40.3 Å². The molecule has 0 aliphatic carbocycles. The van der Waals surface area contributed by atoms with E-state index in [1.807, 2.05) is 11.8 Å². The van der Waals surface area contributed by atoms with Gasteiger partial charge in [-0.15, -0.1) is 11.8 Å². The first kappa shape index (κ1) is 8.85. The normalized spacial score (nSPS) is 19.6. The molecular formula is C11H13NS. The summed E-state index contributed by atoms with van der Waals surface area (Å²) in [4.78, 5) is 1.44. The van der Waals surface area contributed by atoms with Crippen LogP contribution in [0.4, 0.5) is 0 Å². The first-order valence-corrected chi connectivity index (χ1v) is 5.44. The van der Waals surface area contributed by atoms with Crippen LogP contribution < -0.4 is 5.32 Å². The van der Waals surface area contributed by atoms with Gasteiger partial charge in [-0.05, 0) is 24.1 Å². The molecule has 2 heteroatoms. The molecule has 0 unspecified atom stereocenters. The van der Waals surface area contributed by atoms with E-state index < -0.39 is 0 Å². The molecule has 1 aromatic rings. The first-order valence-electron chi connectivity index (χ1n) is 4.46. The summed E-state index contributed by atoms with van der Waals surface area (Å²) in [6, 6.07) is 8.49. The standard InChI is InChI=1S/C11H13NS/c1-9-4-2-3-5-10(9)6-11-7-12-8-13-11/h2-6,12H,7-8H2,1H3. The molecule has 1 heterocycles. The molecular weight excluding hydrogens is 178 g/mol. The molecule has 0 spiro atoms.